The van der Waals surface area contributed by atoms with E-state index in [2.05, 4.69) is 44.7 Å². The van der Waals surface area contributed by atoms with Crippen LogP contribution in [0.1, 0.15) is 6.92 Å². The van der Waals surface area contributed by atoms with Crippen molar-refractivity contribution in [2.24, 2.45) is 0 Å². The molecule has 1 atom stereocenters. The van der Waals surface area contributed by atoms with E-state index in [1.165, 1.54) is 0 Å². The summed E-state index contributed by atoms with van der Waals surface area (Å²) >= 11 is 3.53. The van der Waals surface area contributed by atoms with Crippen LogP contribution in [0.4, 0.5) is 11.5 Å². The number of pyridine rings is 1. The molecule has 16 heavy (non-hydrogen) atoms. The Kier molecular flexibility index (Phi) is 3.35. The van der Waals surface area contributed by atoms with Gasteiger partial charge in [-0.1, -0.05) is 0 Å². The van der Waals surface area contributed by atoms with Crippen LogP contribution in [0.15, 0.2) is 16.7 Å². The summed E-state index contributed by atoms with van der Waals surface area (Å²) < 4.78 is 0.976. The molecule has 1 saturated heterocycles. The van der Waals surface area contributed by atoms with Crippen molar-refractivity contribution < 1.29 is 0 Å². The van der Waals surface area contributed by atoms with Gasteiger partial charge in [0, 0.05) is 25.7 Å². The summed E-state index contributed by atoms with van der Waals surface area (Å²) in [6.07, 6.45) is 1.71. The monoisotopic (exact) mass is 284 g/mol. The molecular formula is C11H17BrN4. The smallest absolute Gasteiger partial charge is 0.143 e. The van der Waals surface area contributed by atoms with Crippen molar-refractivity contribution in [2.75, 3.05) is 37.3 Å². The van der Waals surface area contributed by atoms with Gasteiger partial charge in [0.25, 0.3) is 0 Å². The molecule has 1 aliphatic rings. The summed E-state index contributed by atoms with van der Waals surface area (Å²) in [6.45, 7) is 5.37. The molecule has 1 unspecified atom stereocenters. The van der Waals surface area contributed by atoms with Gasteiger partial charge in [0.15, 0.2) is 0 Å². The Morgan fingerprint density at radius 3 is 2.88 bits per heavy atom. The van der Waals surface area contributed by atoms with Gasteiger partial charge in [-0.25, -0.2) is 4.98 Å². The predicted molar refractivity (Wildman–Crippen MR) is 70.7 cm³/mol. The second kappa shape index (κ2) is 4.59. The molecule has 0 spiro atoms. The van der Waals surface area contributed by atoms with Crippen molar-refractivity contribution >= 4 is 27.4 Å². The minimum atomic E-state index is 0.478. The van der Waals surface area contributed by atoms with Gasteiger partial charge in [0.2, 0.25) is 0 Å². The van der Waals surface area contributed by atoms with Gasteiger partial charge < -0.3 is 15.5 Å². The van der Waals surface area contributed by atoms with E-state index in [1.807, 2.05) is 6.07 Å². The zero-order valence-electron chi connectivity index (χ0n) is 9.65. The highest BCUT2D eigenvalue weighted by Gasteiger charge is 2.23. The molecular weight excluding hydrogens is 268 g/mol. The van der Waals surface area contributed by atoms with E-state index in [0.29, 0.717) is 11.7 Å². The topological polar surface area (TPSA) is 45.4 Å². The summed E-state index contributed by atoms with van der Waals surface area (Å²) in [5, 5.41) is 0. The molecule has 2 N–H and O–H groups in total. The van der Waals surface area contributed by atoms with Crippen molar-refractivity contribution in [3.63, 3.8) is 0 Å². The first-order valence-corrected chi connectivity index (χ1v) is 6.23. The molecule has 1 aliphatic heterocycles. The van der Waals surface area contributed by atoms with Crippen LogP contribution in [-0.2, 0) is 0 Å². The van der Waals surface area contributed by atoms with E-state index in [-0.39, 0.29) is 0 Å². The van der Waals surface area contributed by atoms with Crippen LogP contribution < -0.4 is 10.6 Å². The molecule has 4 nitrogen and oxygen atoms in total. The fourth-order valence-electron chi connectivity index (χ4n) is 2.11. The normalized spacial score (nSPS) is 22.4. The Morgan fingerprint density at radius 1 is 1.50 bits per heavy atom. The first-order chi connectivity index (χ1) is 7.58. The Balaban J connectivity index is 2.23. The van der Waals surface area contributed by atoms with Gasteiger partial charge in [0.1, 0.15) is 5.82 Å². The lowest BCUT2D eigenvalue weighted by Crippen LogP contribution is -2.50. The van der Waals surface area contributed by atoms with E-state index in [0.717, 1.165) is 29.9 Å². The summed E-state index contributed by atoms with van der Waals surface area (Å²) in [6, 6.07) is 2.39. The second-order valence-electron chi connectivity index (χ2n) is 4.38. The third-order valence-corrected chi connectivity index (χ3v) is 3.53. The Labute approximate surface area is 105 Å². The zero-order valence-corrected chi connectivity index (χ0v) is 11.2. The second-order valence-corrected chi connectivity index (χ2v) is 5.23. The first-order valence-electron chi connectivity index (χ1n) is 5.44. The predicted octanol–water partition coefficient (Wildman–Crippen LogP) is 1.57. The van der Waals surface area contributed by atoms with Crippen molar-refractivity contribution in [3.05, 3.63) is 16.7 Å². The van der Waals surface area contributed by atoms with Gasteiger partial charge in [-0.05, 0) is 36.0 Å². The number of piperazine rings is 1. The van der Waals surface area contributed by atoms with Crippen LogP contribution in [-0.4, -0.2) is 42.6 Å². The van der Waals surface area contributed by atoms with Crippen LogP contribution >= 0.6 is 15.9 Å². The summed E-state index contributed by atoms with van der Waals surface area (Å²) in [7, 11) is 2.15. The number of likely N-dealkylation sites (N-methyl/N-ethyl adjacent to an activating group) is 1. The van der Waals surface area contributed by atoms with E-state index >= 15 is 0 Å². The average molecular weight is 285 g/mol. The molecule has 88 valence electrons. The summed E-state index contributed by atoms with van der Waals surface area (Å²) in [5.41, 5.74) is 6.39. The van der Waals surface area contributed by atoms with Gasteiger partial charge in [-0.15, -0.1) is 0 Å². The molecule has 0 bridgehead atoms. The van der Waals surface area contributed by atoms with Gasteiger partial charge in [0.05, 0.1) is 16.4 Å². The van der Waals surface area contributed by atoms with Crippen LogP contribution in [0.2, 0.25) is 0 Å². The number of nitrogens with two attached hydrogens (primary N) is 1. The van der Waals surface area contributed by atoms with E-state index in [1.54, 1.807) is 6.20 Å². The number of rotatable bonds is 1. The minimum absolute atomic E-state index is 0.478. The average Bonchev–Trinajstić information content (AvgIpc) is 2.19. The molecule has 0 aliphatic carbocycles. The minimum Gasteiger partial charge on any atom is -0.397 e. The van der Waals surface area contributed by atoms with Gasteiger partial charge >= 0.3 is 0 Å². The molecule has 2 rings (SSSR count). The lowest BCUT2D eigenvalue weighted by Gasteiger charge is -2.39. The lowest BCUT2D eigenvalue weighted by atomic mass is 10.2. The highest BCUT2D eigenvalue weighted by Crippen LogP contribution is 2.28. The Morgan fingerprint density at radius 2 is 2.25 bits per heavy atom. The number of halogens is 1. The first kappa shape index (κ1) is 11.7. The molecule has 1 aromatic rings. The van der Waals surface area contributed by atoms with E-state index in [9.17, 15) is 0 Å². The molecule has 1 fully saturated rings. The number of nitrogen functional groups attached to an aromatic ring is 1. The number of hydrogen-bond donors (Lipinski definition) is 1. The van der Waals surface area contributed by atoms with E-state index in [4.69, 9.17) is 5.73 Å². The maximum absolute atomic E-state index is 5.69. The molecule has 0 saturated carbocycles. The van der Waals surface area contributed by atoms with Crippen molar-refractivity contribution in [3.8, 4) is 0 Å². The van der Waals surface area contributed by atoms with Crippen LogP contribution in [0.3, 0.4) is 0 Å². The van der Waals surface area contributed by atoms with Crippen molar-refractivity contribution in [2.45, 2.75) is 13.0 Å². The number of nitrogens with zero attached hydrogens (tertiary/aromatic N) is 3. The van der Waals surface area contributed by atoms with Gasteiger partial charge in [-0.2, -0.15) is 0 Å². The molecule has 1 aromatic heterocycles. The van der Waals surface area contributed by atoms with Crippen LogP contribution in [0.25, 0.3) is 0 Å². The fraction of sp³-hybridized carbons (Fsp3) is 0.545. The fourth-order valence-corrected chi connectivity index (χ4v) is 2.71. The molecule has 5 heteroatoms. The van der Waals surface area contributed by atoms with Gasteiger partial charge in [-0.3, -0.25) is 0 Å². The SMILES string of the molecule is CC1CN(C)CCN1c1ncc(N)cc1Br. The number of anilines is 2. The Hall–Kier alpha value is -0.810. The summed E-state index contributed by atoms with van der Waals surface area (Å²) in [5.74, 6) is 0.995. The maximum atomic E-state index is 5.69. The Bertz CT molecular complexity index is 382. The number of hydrogen-bond acceptors (Lipinski definition) is 4. The largest absolute Gasteiger partial charge is 0.397 e. The molecule has 2 heterocycles. The molecule has 0 radical (unpaired) electrons. The highest BCUT2D eigenvalue weighted by atomic mass is 79.9. The highest BCUT2D eigenvalue weighted by molar-refractivity contribution is 9.10. The van der Waals surface area contributed by atoms with E-state index < -0.39 is 0 Å². The van der Waals surface area contributed by atoms with Crippen molar-refractivity contribution in [1.29, 1.82) is 0 Å². The third-order valence-electron chi connectivity index (χ3n) is 2.95. The van der Waals surface area contributed by atoms with Crippen molar-refractivity contribution in [1.82, 2.24) is 9.88 Å². The van der Waals surface area contributed by atoms with Crippen LogP contribution in [0, 0.1) is 0 Å². The standard InChI is InChI=1S/C11H17BrN4/c1-8-7-15(2)3-4-16(8)11-10(12)5-9(13)6-14-11/h5-6,8H,3-4,7,13H2,1-2H3. The quantitative estimate of drug-likeness (QED) is 0.850. The van der Waals surface area contributed by atoms with Crippen LogP contribution in [0.5, 0.6) is 0 Å². The maximum Gasteiger partial charge on any atom is 0.143 e. The molecule has 0 aromatic carbocycles. The zero-order chi connectivity index (χ0) is 11.7. The lowest BCUT2D eigenvalue weighted by molar-refractivity contribution is 0.274. The number of aromatic nitrogens is 1. The third kappa shape index (κ3) is 2.30. The molecule has 0 amide bonds. The summed E-state index contributed by atoms with van der Waals surface area (Å²) in [4.78, 5) is 9.08.